The Morgan fingerprint density at radius 1 is 1.39 bits per heavy atom. The minimum absolute atomic E-state index is 0.194. The second-order valence-corrected chi connectivity index (χ2v) is 5.27. The summed E-state index contributed by atoms with van der Waals surface area (Å²) in [6.45, 7) is 15.8. The first-order chi connectivity index (χ1) is 8.29. The predicted octanol–water partition coefficient (Wildman–Crippen LogP) is 5.44. The van der Waals surface area contributed by atoms with Crippen molar-refractivity contribution in [1.82, 2.24) is 0 Å². The van der Waals surface area contributed by atoms with E-state index in [1.807, 2.05) is 6.92 Å². The van der Waals surface area contributed by atoms with Crippen LogP contribution in [0.5, 0.6) is 0 Å². The van der Waals surface area contributed by atoms with Gasteiger partial charge in [0, 0.05) is 6.42 Å². The summed E-state index contributed by atoms with van der Waals surface area (Å²) in [5, 5.41) is 0. The van der Waals surface area contributed by atoms with Crippen LogP contribution in [-0.4, -0.2) is 0 Å². The molecule has 0 spiro atoms. The minimum atomic E-state index is -0.735. The van der Waals surface area contributed by atoms with E-state index in [1.54, 1.807) is 6.92 Å². The van der Waals surface area contributed by atoms with E-state index >= 15 is 0 Å². The smallest absolute Gasteiger partial charge is 0.107 e. The summed E-state index contributed by atoms with van der Waals surface area (Å²) < 4.78 is 14.0. The Kier molecular flexibility index (Phi) is 6.70. The van der Waals surface area contributed by atoms with Crippen LogP contribution in [0.4, 0.5) is 4.39 Å². The summed E-state index contributed by atoms with van der Waals surface area (Å²) in [7, 11) is 0. The van der Waals surface area contributed by atoms with Gasteiger partial charge in [-0.15, -0.1) is 12.3 Å². The minimum Gasteiger partial charge on any atom is -0.211 e. The molecule has 0 saturated carbocycles. The van der Waals surface area contributed by atoms with Crippen LogP contribution < -0.4 is 0 Å². The van der Waals surface area contributed by atoms with Gasteiger partial charge in [0.2, 0.25) is 0 Å². The molecular weight excluding hydrogens is 223 g/mol. The second-order valence-electron chi connectivity index (χ2n) is 5.27. The number of allylic oxidation sites excluding steroid dienone is 4. The Balaban J connectivity index is 4.81. The maximum atomic E-state index is 14.0. The molecular formula is C17H25F. The van der Waals surface area contributed by atoms with E-state index in [0.717, 1.165) is 18.4 Å². The third-order valence-corrected chi connectivity index (χ3v) is 3.58. The van der Waals surface area contributed by atoms with Crippen molar-refractivity contribution in [2.24, 2.45) is 11.3 Å². The van der Waals surface area contributed by atoms with Gasteiger partial charge < -0.3 is 0 Å². The highest BCUT2D eigenvalue weighted by Crippen LogP contribution is 2.41. The number of halogens is 1. The van der Waals surface area contributed by atoms with E-state index in [0.29, 0.717) is 12.3 Å². The Hall–Kier alpha value is -1.29. The van der Waals surface area contributed by atoms with Crippen LogP contribution in [0.25, 0.3) is 0 Å². The van der Waals surface area contributed by atoms with Crippen molar-refractivity contribution < 1.29 is 4.39 Å². The molecule has 1 atom stereocenters. The van der Waals surface area contributed by atoms with Gasteiger partial charge in [-0.2, -0.15) is 0 Å². The zero-order valence-corrected chi connectivity index (χ0v) is 12.1. The fraction of sp³-hybridized carbons (Fsp3) is 0.529. The summed E-state index contributed by atoms with van der Waals surface area (Å²) in [6, 6.07) is 0. The molecule has 0 amide bonds. The van der Waals surface area contributed by atoms with Gasteiger partial charge in [-0.3, -0.25) is 0 Å². The zero-order chi connectivity index (χ0) is 14.3. The second kappa shape index (κ2) is 7.21. The third-order valence-electron chi connectivity index (χ3n) is 3.58. The van der Waals surface area contributed by atoms with Gasteiger partial charge in [0.1, 0.15) is 5.83 Å². The SMILES string of the molecule is C#CCC(C)(C(=C)CCC(=C)C(C)C)/C(F)=C\C. The fourth-order valence-corrected chi connectivity index (χ4v) is 1.78. The Morgan fingerprint density at radius 2 is 1.94 bits per heavy atom. The molecule has 1 heteroatoms. The molecule has 0 N–H and O–H groups in total. The lowest BCUT2D eigenvalue weighted by molar-refractivity contribution is 0.370. The highest BCUT2D eigenvalue weighted by Gasteiger charge is 2.31. The molecule has 18 heavy (non-hydrogen) atoms. The van der Waals surface area contributed by atoms with E-state index in [-0.39, 0.29) is 5.83 Å². The standard InChI is InChI=1S/C17H25F/c1-8-12-17(7,16(18)9-2)15(6)11-10-14(5)13(3)4/h1,9,13H,5-6,10-12H2,2-4,7H3/b16-9+. The topological polar surface area (TPSA) is 0 Å². The van der Waals surface area contributed by atoms with Crippen molar-refractivity contribution in [2.45, 2.75) is 47.0 Å². The van der Waals surface area contributed by atoms with Crippen molar-refractivity contribution in [2.75, 3.05) is 0 Å². The lowest BCUT2D eigenvalue weighted by atomic mass is 9.76. The summed E-state index contributed by atoms with van der Waals surface area (Å²) in [5.74, 6) is 2.80. The first-order valence-corrected chi connectivity index (χ1v) is 6.41. The Morgan fingerprint density at radius 3 is 2.33 bits per heavy atom. The van der Waals surface area contributed by atoms with Gasteiger partial charge in [-0.05, 0) is 32.6 Å². The predicted molar refractivity (Wildman–Crippen MR) is 78.8 cm³/mol. The summed E-state index contributed by atoms with van der Waals surface area (Å²) in [5.41, 5.74) is 1.28. The summed E-state index contributed by atoms with van der Waals surface area (Å²) in [6.07, 6.45) is 8.74. The zero-order valence-electron chi connectivity index (χ0n) is 12.1. The van der Waals surface area contributed by atoms with Crippen molar-refractivity contribution in [3.8, 4) is 12.3 Å². The number of hydrogen-bond acceptors (Lipinski definition) is 0. The van der Waals surface area contributed by atoms with Crippen LogP contribution in [0.15, 0.2) is 36.2 Å². The number of terminal acetylenes is 1. The first-order valence-electron chi connectivity index (χ1n) is 6.41. The van der Waals surface area contributed by atoms with Crippen LogP contribution >= 0.6 is 0 Å². The Bertz CT molecular complexity index is 379. The monoisotopic (exact) mass is 248 g/mol. The number of hydrogen-bond donors (Lipinski definition) is 0. The molecule has 1 unspecified atom stereocenters. The van der Waals surface area contributed by atoms with E-state index in [4.69, 9.17) is 6.42 Å². The van der Waals surface area contributed by atoms with Gasteiger partial charge in [-0.25, -0.2) is 4.39 Å². The lowest BCUT2D eigenvalue weighted by Crippen LogP contribution is -2.19. The molecule has 0 aliphatic heterocycles. The first kappa shape index (κ1) is 16.7. The molecule has 0 fully saturated rings. The van der Waals surface area contributed by atoms with Crippen molar-refractivity contribution >= 4 is 0 Å². The average Bonchev–Trinajstić information content (AvgIpc) is 2.34. The molecule has 0 radical (unpaired) electrons. The van der Waals surface area contributed by atoms with E-state index in [2.05, 4.69) is 32.9 Å². The molecule has 0 aromatic rings. The molecule has 0 heterocycles. The fourth-order valence-electron chi connectivity index (χ4n) is 1.78. The molecule has 0 aliphatic carbocycles. The lowest BCUT2D eigenvalue weighted by Gasteiger charge is -2.29. The van der Waals surface area contributed by atoms with E-state index in [1.165, 1.54) is 11.6 Å². The molecule has 0 nitrogen and oxygen atoms in total. The molecule has 0 aliphatic rings. The highest BCUT2D eigenvalue weighted by atomic mass is 19.1. The molecule has 0 saturated heterocycles. The van der Waals surface area contributed by atoms with Crippen LogP contribution in [0.3, 0.4) is 0 Å². The maximum Gasteiger partial charge on any atom is 0.107 e. The van der Waals surface area contributed by atoms with Gasteiger partial charge in [-0.1, -0.05) is 44.2 Å². The van der Waals surface area contributed by atoms with E-state index in [9.17, 15) is 4.39 Å². The maximum absolute atomic E-state index is 14.0. The quantitative estimate of drug-likeness (QED) is 0.416. The molecule has 0 aromatic heterocycles. The van der Waals surface area contributed by atoms with Crippen LogP contribution in [0.1, 0.15) is 47.0 Å². The summed E-state index contributed by atoms with van der Waals surface area (Å²) in [4.78, 5) is 0. The van der Waals surface area contributed by atoms with Gasteiger partial charge in [0.15, 0.2) is 0 Å². The van der Waals surface area contributed by atoms with E-state index < -0.39 is 5.41 Å². The highest BCUT2D eigenvalue weighted by molar-refractivity contribution is 5.25. The normalized spacial score (nSPS) is 15.1. The average molecular weight is 248 g/mol. The number of rotatable bonds is 7. The molecule has 0 aromatic carbocycles. The van der Waals surface area contributed by atoms with Crippen molar-refractivity contribution in [1.29, 1.82) is 0 Å². The van der Waals surface area contributed by atoms with Crippen molar-refractivity contribution in [3.05, 3.63) is 36.2 Å². The molecule has 0 bridgehead atoms. The van der Waals surface area contributed by atoms with Crippen molar-refractivity contribution in [3.63, 3.8) is 0 Å². The van der Waals surface area contributed by atoms with Crippen LogP contribution in [0.2, 0.25) is 0 Å². The third kappa shape index (κ3) is 4.18. The summed E-state index contributed by atoms with van der Waals surface area (Å²) >= 11 is 0. The molecule has 0 rings (SSSR count). The van der Waals surface area contributed by atoms with Crippen LogP contribution in [0, 0.1) is 23.7 Å². The largest absolute Gasteiger partial charge is 0.211 e. The Labute approximate surface area is 112 Å². The van der Waals surface area contributed by atoms with Gasteiger partial charge >= 0.3 is 0 Å². The van der Waals surface area contributed by atoms with Gasteiger partial charge in [0.25, 0.3) is 0 Å². The molecule has 100 valence electrons. The van der Waals surface area contributed by atoms with Crippen LogP contribution in [-0.2, 0) is 0 Å². The van der Waals surface area contributed by atoms with Gasteiger partial charge in [0.05, 0.1) is 5.41 Å².